The SMILES string of the molecule is COC(=O)C(C)Cc1ccc2c(c1)CCN(c1cc(OC(F)(F)F)ccc1F)C2. The molecule has 0 saturated heterocycles. The van der Waals surface area contributed by atoms with E-state index in [1.807, 2.05) is 18.2 Å². The Hall–Kier alpha value is -2.77. The Balaban J connectivity index is 1.76. The van der Waals surface area contributed by atoms with Gasteiger partial charge < -0.3 is 14.4 Å². The number of ether oxygens (including phenoxy) is 2. The van der Waals surface area contributed by atoms with Gasteiger partial charge in [-0.15, -0.1) is 13.2 Å². The summed E-state index contributed by atoms with van der Waals surface area (Å²) < 4.78 is 60.3. The summed E-state index contributed by atoms with van der Waals surface area (Å²) >= 11 is 0. The van der Waals surface area contributed by atoms with Crippen LogP contribution in [0.4, 0.5) is 23.2 Å². The number of halogens is 4. The van der Waals surface area contributed by atoms with Gasteiger partial charge >= 0.3 is 12.3 Å². The molecule has 29 heavy (non-hydrogen) atoms. The Morgan fingerprint density at radius 1 is 1.17 bits per heavy atom. The summed E-state index contributed by atoms with van der Waals surface area (Å²) in [4.78, 5) is 13.3. The first kappa shape index (κ1) is 21.0. The number of rotatable bonds is 5. The molecule has 0 saturated carbocycles. The van der Waals surface area contributed by atoms with Crippen molar-refractivity contribution in [2.24, 2.45) is 5.92 Å². The molecule has 2 aromatic rings. The number of carbonyl (C=O) groups excluding carboxylic acids is 1. The number of carbonyl (C=O) groups is 1. The van der Waals surface area contributed by atoms with E-state index in [2.05, 4.69) is 4.74 Å². The molecular weight excluding hydrogens is 390 g/mol. The molecule has 8 heteroatoms. The summed E-state index contributed by atoms with van der Waals surface area (Å²) in [5.41, 5.74) is 3.12. The Bertz CT molecular complexity index is 898. The van der Waals surface area contributed by atoms with Gasteiger partial charge in [0.1, 0.15) is 11.6 Å². The minimum atomic E-state index is -4.83. The molecule has 0 amide bonds. The average molecular weight is 411 g/mol. The van der Waals surface area contributed by atoms with E-state index in [1.54, 1.807) is 11.8 Å². The van der Waals surface area contributed by atoms with Crippen LogP contribution < -0.4 is 9.64 Å². The van der Waals surface area contributed by atoms with Gasteiger partial charge in [-0.1, -0.05) is 25.1 Å². The third kappa shape index (κ3) is 5.19. The third-order valence-corrected chi connectivity index (χ3v) is 4.92. The number of hydrogen-bond acceptors (Lipinski definition) is 4. The molecule has 3 rings (SSSR count). The van der Waals surface area contributed by atoms with E-state index in [1.165, 1.54) is 7.11 Å². The molecule has 0 spiro atoms. The number of hydrogen-bond donors (Lipinski definition) is 0. The quantitative estimate of drug-likeness (QED) is 0.531. The second kappa shape index (κ2) is 8.31. The molecule has 1 aliphatic rings. The third-order valence-electron chi connectivity index (χ3n) is 4.92. The maximum atomic E-state index is 14.3. The zero-order valence-electron chi connectivity index (χ0n) is 16.1. The monoisotopic (exact) mass is 411 g/mol. The molecule has 0 aliphatic carbocycles. The number of methoxy groups -OCH3 is 1. The summed E-state index contributed by atoms with van der Waals surface area (Å²) in [6.45, 7) is 2.62. The lowest BCUT2D eigenvalue weighted by Crippen LogP contribution is -2.31. The Morgan fingerprint density at radius 3 is 2.62 bits per heavy atom. The van der Waals surface area contributed by atoms with E-state index < -0.39 is 17.9 Å². The molecule has 2 aromatic carbocycles. The van der Waals surface area contributed by atoms with Gasteiger partial charge in [0.05, 0.1) is 18.7 Å². The first-order chi connectivity index (χ1) is 13.7. The molecule has 1 heterocycles. The standard InChI is InChI=1S/C21H21F4NO3/c1-13(20(27)28-2)9-14-3-4-16-12-26(8-7-15(16)10-14)19-11-17(5-6-18(19)22)29-21(23,24)25/h3-6,10-11,13H,7-9,12H2,1-2H3. The Morgan fingerprint density at radius 2 is 1.93 bits per heavy atom. The van der Waals surface area contributed by atoms with E-state index in [0.29, 0.717) is 25.9 Å². The highest BCUT2D eigenvalue weighted by atomic mass is 19.4. The predicted molar refractivity (Wildman–Crippen MR) is 99.2 cm³/mol. The van der Waals surface area contributed by atoms with E-state index >= 15 is 0 Å². The Labute approximate surface area is 166 Å². The second-order valence-corrected chi connectivity index (χ2v) is 7.06. The van der Waals surface area contributed by atoms with Crippen molar-refractivity contribution >= 4 is 11.7 Å². The van der Waals surface area contributed by atoms with Gasteiger partial charge in [-0.2, -0.15) is 0 Å². The lowest BCUT2D eigenvalue weighted by atomic mass is 9.93. The van der Waals surface area contributed by atoms with Crippen LogP contribution in [0.3, 0.4) is 0 Å². The molecule has 1 atom stereocenters. The van der Waals surface area contributed by atoms with Crippen LogP contribution in [0.1, 0.15) is 23.6 Å². The highest BCUT2D eigenvalue weighted by Crippen LogP contribution is 2.32. The minimum absolute atomic E-state index is 0.0702. The first-order valence-electron chi connectivity index (χ1n) is 9.15. The summed E-state index contributed by atoms with van der Waals surface area (Å²) in [7, 11) is 1.36. The zero-order chi connectivity index (χ0) is 21.2. The van der Waals surface area contributed by atoms with Crippen LogP contribution >= 0.6 is 0 Å². The van der Waals surface area contributed by atoms with Crippen molar-refractivity contribution in [1.29, 1.82) is 0 Å². The van der Waals surface area contributed by atoms with Crippen molar-refractivity contribution in [3.63, 3.8) is 0 Å². The summed E-state index contributed by atoms with van der Waals surface area (Å²) in [6.07, 6.45) is -3.67. The summed E-state index contributed by atoms with van der Waals surface area (Å²) in [6, 6.07) is 8.84. The largest absolute Gasteiger partial charge is 0.573 e. The predicted octanol–water partition coefficient (Wildman–Crippen LogP) is 4.64. The normalized spacial score (nSPS) is 14.9. The average Bonchev–Trinajstić information content (AvgIpc) is 2.67. The van der Waals surface area contributed by atoms with Gasteiger partial charge in [0.15, 0.2) is 0 Å². The number of nitrogens with zero attached hydrogens (tertiary/aromatic N) is 1. The van der Waals surface area contributed by atoms with Crippen molar-refractivity contribution in [2.75, 3.05) is 18.6 Å². The van der Waals surface area contributed by atoms with Crippen LogP contribution in [0.15, 0.2) is 36.4 Å². The Kier molecular flexibility index (Phi) is 6.00. The molecule has 0 fully saturated rings. The van der Waals surface area contributed by atoms with E-state index in [-0.39, 0.29) is 17.6 Å². The van der Waals surface area contributed by atoms with Crippen LogP contribution in [0, 0.1) is 11.7 Å². The molecule has 0 radical (unpaired) electrons. The number of esters is 1. The summed E-state index contributed by atoms with van der Waals surface area (Å²) in [5, 5.41) is 0. The van der Waals surface area contributed by atoms with Crippen molar-refractivity contribution in [3.8, 4) is 5.75 Å². The molecule has 4 nitrogen and oxygen atoms in total. The molecule has 1 aliphatic heterocycles. The highest BCUT2D eigenvalue weighted by Gasteiger charge is 2.31. The van der Waals surface area contributed by atoms with Crippen molar-refractivity contribution in [1.82, 2.24) is 0 Å². The topological polar surface area (TPSA) is 38.8 Å². The smallest absolute Gasteiger partial charge is 0.469 e. The molecule has 0 aromatic heterocycles. The number of alkyl halides is 3. The van der Waals surface area contributed by atoms with Crippen LogP contribution in [0.25, 0.3) is 0 Å². The molecule has 0 N–H and O–H groups in total. The van der Waals surface area contributed by atoms with Gasteiger partial charge in [0, 0.05) is 19.2 Å². The van der Waals surface area contributed by atoms with Crippen molar-refractivity contribution in [2.45, 2.75) is 32.7 Å². The summed E-state index contributed by atoms with van der Waals surface area (Å²) in [5.74, 6) is -1.59. The lowest BCUT2D eigenvalue weighted by molar-refractivity contribution is -0.274. The molecule has 0 bridgehead atoms. The van der Waals surface area contributed by atoms with Crippen molar-refractivity contribution < 1.29 is 31.8 Å². The second-order valence-electron chi connectivity index (χ2n) is 7.06. The minimum Gasteiger partial charge on any atom is -0.469 e. The number of fused-ring (bicyclic) bond motifs is 1. The zero-order valence-corrected chi connectivity index (χ0v) is 16.1. The van der Waals surface area contributed by atoms with Gasteiger partial charge in [0.25, 0.3) is 0 Å². The van der Waals surface area contributed by atoms with E-state index in [4.69, 9.17) is 4.74 Å². The van der Waals surface area contributed by atoms with Crippen LogP contribution in [-0.4, -0.2) is 26.0 Å². The molecule has 156 valence electrons. The van der Waals surface area contributed by atoms with Crippen LogP contribution in [-0.2, 0) is 28.9 Å². The number of benzene rings is 2. The lowest BCUT2D eigenvalue weighted by Gasteiger charge is -2.31. The maximum absolute atomic E-state index is 14.3. The van der Waals surface area contributed by atoms with Crippen LogP contribution in [0.5, 0.6) is 5.75 Å². The van der Waals surface area contributed by atoms with Crippen LogP contribution in [0.2, 0.25) is 0 Å². The fraction of sp³-hybridized carbons (Fsp3) is 0.381. The first-order valence-corrected chi connectivity index (χ1v) is 9.15. The molecular formula is C21H21F4NO3. The van der Waals surface area contributed by atoms with Crippen molar-refractivity contribution in [3.05, 3.63) is 58.9 Å². The fourth-order valence-corrected chi connectivity index (χ4v) is 3.51. The molecule has 1 unspecified atom stereocenters. The van der Waals surface area contributed by atoms with E-state index in [9.17, 15) is 22.4 Å². The number of anilines is 1. The maximum Gasteiger partial charge on any atom is 0.573 e. The fourth-order valence-electron chi connectivity index (χ4n) is 3.51. The van der Waals surface area contributed by atoms with Gasteiger partial charge in [0.2, 0.25) is 0 Å². The highest BCUT2D eigenvalue weighted by molar-refractivity contribution is 5.72. The van der Waals surface area contributed by atoms with Gasteiger partial charge in [-0.25, -0.2) is 4.39 Å². The van der Waals surface area contributed by atoms with Gasteiger partial charge in [-0.3, -0.25) is 4.79 Å². The van der Waals surface area contributed by atoms with Gasteiger partial charge in [-0.05, 0) is 41.7 Å². The van der Waals surface area contributed by atoms with E-state index in [0.717, 1.165) is 34.9 Å².